The van der Waals surface area contributed by atoms with E-state index in [9.17, 15) is 0 Å². The molecule has 0 saturated heterocycles. The van der Waals surface area contributed by atoms with Crippen LogP contribution in [0.15, 0.2) is 212 Å². The molecule has 278 valence electrons. The quantitative estimate of drug-likeness (QED) is 0.169. The van der Waals surface area contributed by atoms with Crippen molar-refractivity contribution < 1.29 is 0 Å². The standard InChI is InChI=1S/C58H41N/c1-57(2)48-26-13-9-23-43(48)46-34-33-41(37-53(46)57)59(54-30-16-12-22-42(54)39-20-7-4-8-21-39)55-31-17-29-52-56(55)47-36-40(38-18-5-3-6-19-38)32-35-51(47)58(52)49-27-14-10-24-44(49)45-25-11-15-28-50(45)58/h3-37H,1-2H3. The predicted molar refractivity (Wildman–Crippen MR) is 246 cm³/mol. The lowest BCUT2D eigenvalue weighted by Gasteiger charge is -2.33. The maximum absolute atomic E-state index is 2.56. The van der Waals surface area contributed by atoms with Gasteiger partial charge in [0.1, 0.15) is 0 Å². The Hall–Kier alpha value is -7.22. The zero-order chi connectivity index (χ0) is 39.3. The van der Waals surface area contributed by atoms with Crippen molar-refractivity contribution in [2.75, 3.05) is 4.90 Å². The molecule has 0 fully saturated rings. The van der Waals surface area contributed by atoms with Gasteiger partial charge in [-0.3, -0.25) is 0 Å². The van der Waals surface area contributed by atoms with Crippen LogP contribution in [0.1, 0.15) is 47.2 Å². The molecule has 0 N–H and O–H groups in total. The van der Waals surface area contributed by atoms with Gasteiger partial charge in [0.25, 0.3) is 0 Å². The Kier molecular flexibility index (Phi) is 7.26. The highest BCUT2D eigenvalue weighted by atomic mass is 15.1. The topological polar surface area (TPSA) is 3.24 Å². The predicted octanol–water partition coefficient (Wildman–Crippen LogP) is 15.1. The van der Waals surface area contributed by atoms with Gasteiger partial charge >= 0.3 is 0 Å². The number of hydrogen-bond acceptors (Lipinski definition) is 1. The number of anilines is 3. The molecule has 0 saturated carbocycles. The van der Waals surface area contributed by atoms with Gasteiger partial charge < -0.3 is 4.90 Å². The maximum Gasteiger partial charge on any atom is 0.0726 e. The van der Waals surface area contributed by atoms with Crippen molar-refractivity contribution in [3.63, 3.8) is 0 Å². The van der Waals surface area contributed by atoms with E-state index in [1.165, 1.54) is 94.7 Å². The van der Waals surface area contributed by atoms with Crippen molar-refractivity contribution in [2.45, 2.75) is 24.7 Å². The molecule has 0 aromatic heterocycles. The Balaban J connectivity index is 1.19. The smallest absolute Gasteiger partial charge is 0.0726 e. The molecule has 3 aliphatic rings. The zero-order valence-corrected chi connectivity index (χ0v) is 33.2. The van der Waals surface area contributed by atoms with Gasteiger partial charge in [-0.05, 0) is 108 Å². The summed E-state index contributed by atoms with van der Waals surface area (Å²) in [6, 6.07) is 79.3. The molecule has 3 aliphatic carbocycles. The first-order chi connectivity index (χ1) is 29.0. The lowest BCUT2D eigenvalue weighted by molar-refractivity contribution is 0.660. The minimum Gasteiger partial charge on any atom is -0.309 e. The van der Waals surface area contributed by atoms with Crippen molar-refractivity contribution >= 4 is 17.1 Å². The van der Waals surface area contributed by atoms with Crippen LogP contribution in [-0.2, 0) is 10.8 Å². The molecule has 9 aromatic carbocycles. The molecule has 0 bridgehead atoms. The van der Waals surface area contributed by atoms with Gasteiger partial charge in [0, 0.05) is 22.2 Å². The average Bonchev–Trinajstić information content (AvgIpc) is 3.86. The summed E-state index contributed by atoms with van der Waals surface area (Å²) in [5.41, 5.74) is 23.6. The SMILES string of the molecule is CC1(C)c2ccccc2-c2ccc(N(c3ccccc3-c3ccccc3)c3cccc4c3-c3cc(-c5ccccc5)ccc3C43c4ccccc4-c4ccccc43)cc21. The van der Waals surface area contributed by atoms with Crippen LogP contribution in [0.2, 0.25) is 0 Å². The maximum atomic E-state index is 2.56. The van der Waals surface area contributed by atoms with Crippen LogP contribution in [0.25, 0.3) is 55.6 Å². The Morgan fingerprint density at radius 1 is 0.305 bits per heavy atom. The molecule has 0 amide bonds. The fourth-order valence-corrected chi connectivity index (χ4v) is 10.9. The number of nitrogens with zero attached hydrogens (tertiary/aromatic N) is 1. The van der Waals surface area contributed by atoms with Crippen molar-refractivity contribution in [1.29, 1.82) is 0 Å². The van der Waals surface area contributed by atoms with E-state index in [0.29, 0.717) is 0 Å². The summed E-state index contributed by atoms with van der Waals surface area (Å²) in [4.78, 5) is 2.56. The van der Waals surface area contributed by atoms with Gasteiger partial charge in [0.2, 0.25) is 0 Å². The molecule has 12 rings (SSSR count). The molecule has 0 heterocycles. The molecule has 0 atom stereocenters. The van der Waals surface area contributed by atoms with E-state index in [0.717, 1.165) is 11.4 Å². The second kappa shape index (κ2) is 12.6. The number of para-hydroxylation sites is 1. The average molecular weight is 752 g/mol. The van der Waals surface area contributed by atoms with Gasteiger partial charge in [0.15, 0.2) is 0 Å². The van der Waals surface area contributed by atoms with Crippen LogP contribution in [0.4, 0.5) is 17.1 Å². The van der Waals surface area contributed by atoms with Crippen molar-refractivity contribution in [2.24, 2.45) is 0 Å². The zero-order valence-electron chi connectivity index (χ0n) is 33.2. The molecular formula is C58H41N. The number of hydrogen-bond donors (Lipinski definition) is 0. The molecule has 1 nitrogen and oxygen atoms in total. The van der Waals surface area contributed by atoms with Crippen molar-refractivity contribution in [1.82, 2.24) is 0 Å². The lowest BCUT2D eigenvalue weighted by Crippen LogP contribution is -2.26. The third kappa shape index (κ3) is 4.67. The van der Waals surface area contributed by atoms with Crippen LogP contribution in [0.3, 0.4) is 0 Å². The molecular weight excluding hydrogens is 711 g/mol. The highest BCUT2D eigenvalue weighted by Crippen LogP contribution is 2.65. The fraction of sp³-hybridized carbons (Fsp3) is 0.0690. The van der Waals surface area contributed by atoms with E-state index in [1.54, 1.807) is 0 Å². The highest BCUT2D eigenvalue weighted by Gasteiger charge is 2.52. The largest absolute Gasteiger partial charge is 0.309 e. The molecule has 1 spiro atoms. The van der Waals surface area contributed by atoms with Crippen LogP contribution in [0, 0.1) is 0 Å². The minimum absolute atomic E-state index is 0.149. The minimum atomic E-state index is -0.477. The van der Waals surface area contributed by atoms with Gasteiger partial charge in [-0.1, -0.05) is 196 Å². The summed E-state index contributed by atoms with van der Waals surface area (Å²) < 4.78 is 0. The first-order valence-electron chi connectivity index (χ1n) is 20.8. The molecule has 0 aliphatic heterocycles. The third-order valence-corrected chi connectivity index (χ3v) is 13.5. The summed E-state index contributed by atoms with van der Waals surface area (Å²) in [6.07, 6.45) is 0. The summed E-state index contributed by atoms with van der Waals surface area (Å²) >= 11 is 0. The Labute approximate surface area is 346 Å². The van der Waals surface area contributed by atoms with Crippen molar-refractivity contribution in [3.8, 4) is 55.6 Å². The highest BCUT2D eigenvalue weighted by molar-refractivity contribution is 6.03. The normalized spacial score (nSPS) is 14.2. The third-order valence-electron chi connectivity index (χ3n) is 13.5. The van der Waals surface area contributed by atoms with Crippen LogP contribution >= 0.6 is 0 Å². The molecule has 59 heavy (non-hydrogen) atoms. The Morgan fingerprint density at radius 2 is 0.814 bits per heavy atom. The van der Waals surface area contributed by atoms with E-state index in [-0.39, 0.29) is 5.41 Å². The lowest BCUT2D eigenvalue weighted by atomic mass is 9.70. The summed E-state index contributed by atoms with van der Waals surface area (Å²) in [6.45, 7) is 4.76. The van der Waals surface area contributed by atoms with Gasteiger partial charge in [-0.15, -0.1) is 0 Å². The summed E-state index contributed by atoms with van der Waals surface area (Å²) in [5.74, 6) is 0. The molecule has 0 unspecified atom stereocenters. The van der Waals surface area contributed by atoms with Gasteiger partial charge in [0.05, 0.1) is 16.8 Å². The number of benzene rings is 9. The van der Waals surface area contributed by atoms with Crippen molar-refractivity contribution in [3.05, 3.63) is 246 Å². The van der Waals surface area contributed by atoms with E-state index in [4.69, 9.17) is 0 Å². The summed E-state index contributed by atoms with van der Waals surface area (Å²) in [5, 5.41) is 0. The monoisotopic (exact) mass is 751 g/mol. The van der Waals surface area contributed by atoms with Gasteiger partial charge in [-0.2, -0.15) is 0 Å². The van der Waals surface area contributed by atoms with Crippen LogP contribution < -0.4 is 4.90 Å². The van der Waals surface area contributed by atoms with E-state index >= 15 is 0 Å². The molecule has 9 aromatic rings. The number of fused-ring (bicyclic) bond motifs is 13. The Morgan fingerprint density at radius 3 is 1.51 bits per heavy atom. The molecule has 0 radical (unpaired) electrons. The molecule has 1 heteroatoms. The second-order valence-corrected chi connectivity index (χ2v) is 16.8. The van der Waals surface area contributed by atoms with Gasteiger partial charge in [-0.25, -0.2) is 0 Å². The Bertz CT molecular complexity index is 3090. The van der Waals surface area contributed by atoms with Crippen LogP contribution in [-0.4, -0.2) is 0 Å². The summed E-state index contributed by atoms with van der Waals surface area (Å²) in [7, 11) is 0. The first kappa shape index (κ1) is 33.9. The number of rotatable bonds is 5. The van der Waals surface area contributed by atoms with E-state index in [2.05, 4.69) is 231 Å². The fourth-order valence-electron chi connectivity index (χ4n) is 10.9. The van der Waals surface area contributed by atoms with Crippen LogP contribution in [0.5, 0.6) is 0 Å². The van der Waals surface area contributed by atoms with E-state index < -0.39 is 5.41 Å². The van der Waals surface area contributed by atoms with E-state index in [1.807, 2.05) is 0 Å². The first-order valence-corrected chi connectivity index (χ1v) is 20.8. The second-order valence-electron chi connectivity index (χ2n) is 16.8.